The highest BCUT2D eigenvalue weighted by Crippen LogP contribution is 2.34. The van der Waals surface area contributed by atoms with Crippen LogP contribution in [0.25, 0.3) is 50.3 Å². The van der Waals surface area contributed by atoms with Gasteiger partial charge in [-0.1, -0.05) is 12.7 Å². The summed E-state index contributed by atoms with van der Waals surface area (Å²) in [4.78, 5) is 14.5. The second kappa shape index (κ2) is 11.1. The number of allylic oxidation sites excluding steroid dienone is 4. The Bertz CT molecular complexity index is 1780. The van der Waals surface area contributed by atoms with Gasteiger partial charge in [-0.25, -0.2) is 13.8 Å². The highest BCUT2D eigenvalue weighted by molar-refractivity contribution is 5.98. The van der Waals surface area contributed by atoms with E-state index in [-0.39, 0.29) is 5.39 Å². The molecule has 204 valence electrons. The first kappa shape index (κ1) is 26.8. The van der Waals surface area contributed by atoms with Crippen molar-refractivity contribution in [1.29, 1.82) is 0 Å². The highest BCUT2D eigenvalue weighted by atomic mass is 19.1. The van der Waals surface area contributed by atoms with Crippen LogP contribution in [0.2, 0.25) is 0 Å². The molecule has 0 spiro atoms. The summed E-state index contributed by atoms with van der Waals surface area (Å²) in [6.45, 7) is 6.93. The average molecular weight is 541 g/mol. The minimum atomic E-state index is -0.458. The molecule has 5 aromatic rings. The number of halogens is 2. The summed E-state index contributed by atoms with van der Waals surface area (Å²) in [6.07, 6.45) is 6.57. The Balaban J connectivity index is 1.59. The molecule has 5 N–H and O–H groups in total. The first-order valence-corrected chi connectivity index (χ1v) is 12.8. The fourth-order valence-electron chi connectivity index (χ4n) is 4.53. The predicted molar refractivity (Wildman–Crippen MR) is 157 cm³/mol. The monoisotopic (exact) mass is 540 g/mol. The molecular weight excluding hydrogens is 510 g/mol. The third-order valence-corrected chi connectivity index (χ3v) is 6.53. The number of imidazole rings is 1. The highest BCUT2D eigenvalue weighted by Gasteiger charge is 2.21. The largest absolute Gasteiger partial charge is 0.399 e. The lowest BCUT2D eigenvalue weighted by atomic mass is 10.0. The number of likely N-dealkylation sites (N-methyl/N-ethyl adjacent to an activating group) is 1. The third kappa shape index (κ3) is 5.21. The molecule has 0 amide bonds. The number of rotatable bonds is 9. The second-order valence-electron chi connectivity index (χ2n) is 9.61. The molecule has 10 heteroatoms. The van der Waals surface area contributed by atoms with Gasteiger partial charge in [-0.2, -0.15) is 5.10 Å². The van der Waals surface area contributed by atoms with Crippen LogP contribution in [0.15, 0.2) is 73.1 Å². The zero-order chi connectivity index (χ0) is 28.4. The van der Waals surface area contributed by atoms with Gasteiger partial charge in [0.05, 0.1) is 22.1 Å². The number of nitrogens with zero attached hydrogens (tertiary/aromatic N) is 4. The minimum absolute atomic E-state index is 0.286. The van der Waals surface area contributed by atoms with Crippen molar-refractivity contribution in [2.24, 2.45) is 5.73 Å². The maximum Gasteiger partial charge on any atom is 0.159 e. The smallest absolute Gasteiger partial charge is 0.159 e. The summed E-state index contributed by atoms with van der Waals surface area (Å²) in [5.74, 6) is -0.492. The summed E-state index contributed by atoms with van der Waals surface area (Å²) in [6, 6.07) is 9.91. The van der Waals surface area contributed by atoms with E-state index in [9.17, 15) is 4.39 Å². The molecule has 5 rings (SSSR count). The zero-order valence-corrected chi connectivity index (χ0v) is 22.5. The van der Waals surface area contributed by atoms with E-state index in [0.29, 0.717) is 68.4 Å². The Hall–Kier alpha value is -4.83. The average Bonchev–Trinajstić information content (AvgIpc) is 3.56. The van der Waals surface area contributed by atoms with Crippen LogP contribution in [0.4, 0.5) is 14.5 Å². The Kier molecular flexibility index (Phi) is 7.43. The molecule has 0 bridgehead atoms. The number of aromatic nitrogens is 5. The molecule has 40 heavy (non-hydrogen) atoms. The van der Waals surface area contributed by atoms with Crippen LogP contribution >= 0.6 is 0 Å². The van der Waals surface area contributed by atoms with E-state index in [1.165, 1.54) is 18.2 Å². The van der Waals surface area contributed by atoms with Gasteiger partial charge in [-0.15, -0.1) is 0 Å². The van der Waals surface area contributed by atoms with Gasteiger partial charge in [0.15, 0.2) is 5.82 Å². The molecular formula is C30H30F2N8. The number of nitrogens with two attached hydrogens (primary N) is 1. The van der Waals surface area contributed by atoms with Crippen LogP contribution in [0, 0.1) is 11.6 Å². The second-order valence-corrected chi connectivity index (χ2v) is 9.61. The molecule has 2 aromatic carbocycles. The molecule has 3 aromatic heterocycles. The lowest BCUT2D eigenvalue weighted by molar-refractivity contribution is 0.425. The van der Waals surface area contributed by atoms with Crippen LogP contribution in [-0.2, 0) is 0 Å². The van der Waals surface area contributed by atoms with Crippen LogP contribution in [-0.4, -0.2) is 57.2 Å². The normalized spacial score (nSPS) is 12.6. The first-order valence-electron chi connectivity index (χ1n) is 12.8. The van der Waals surface area contributed by atoms with Crippen molar-refractivity contribution < 1.29 is 8.78 Å². The van der Waals surface area contributed by atoms with E-state index in [1.54, 1.807) is 36.5 Å². The Morgan fingerprint density at radius 2 is 1.95 bits per heavy atom. The van der Waals surface area contributed by atoms with E-state index in [0.717, 1.165) is 6.54 Å². The number of hydrogen-bond acceptors (Lipinski definition) is 6. The van der Waals surface area contributed by atoms with E-state index in [4.69, 9.17) is 10.7 Å². The molecule has 3 heterocycles. The maximum atomic E-state index is 16.0. The number of hydrogen-bond donors (Lipinski definition) is 4. The maximum absolute atomic E-state index is 16.0. The van der Waals surface area contributed by atoms with Crippen molar-refractivity contribution in [3.8, 4) is 22.8 Å². The summed E-state index contributed by atoms with van der Waals surface area (Å²) in [5.41, 5.74) is 11.1. The summed E-state index contributed by atoms with van der Waals surface area (Å²) in [5, 5.41) is 10.8. The molecule has 0 fully saturated rings. The number of fused-ring (bicyclic) bond motifs is 2. The van der Waals surface area contributed by atoms with Gasteiger partial charge in [0.2, 0.25) is 0 Å². The number of anilines is 1. The van der Waals surface area contributed by atoms with Crippen molar-refractivity contribution in [3.05, 3.63) is 90.3 Å². The molecule has 0 saturated carbocycles. The number of benzene rings is 2. The van der Waals surface area contributed by atoms with Gasteiger partial charge in [0.1, 0.15) is 22.8 Å². The van der Waals surface area contributed by atoms with Gasteiger partial charge in [0.25, 0.3) is 0 Å². The van der Waals surface area contributed by atoms with Crippen LogP contribution < -0.4 is 11.1 Å². The van der Waals surface area contributed by atoms with E-state index >= 15 is 4.39 Å². The number of H-pyrrole nitrogens is 2. The summed E-state index contributed by atoms with van der Waals surface area (Å²) >= 11 is 0. The van der Waals surface area contributed by atoms with Crippen molar-refractivity contribution in [2.75, 3.05) is 32.5 Å². The standard InChI is InChI=1S/C30H30F2N8/c1-5-17(14-20(33)6-2)22-7-8-23-25(26(22)32)29(39-38-23)30-36-24-9-10-35-27(28(24)37-30)18-13-19(31)16-21(15-18)34-11-12-40(3)4/h5-10,13-16,34H,2,11-12,33H2,1,3-4H3,(H,36,37)(H,38,39)/b17-5+,20-14+. The Labute approximate surface area is 230 Å². The Morgan fingerprint density at radius 3 is 2.70 bits per heavy atom. The third-order valence-electron chi connectivity index (χ3n) is 6.53. The van der Waals surface area contributed by atoms with E-state index in [2.05, 4.69) is 32.1 Å². The van der Waals surface area contributed by atoms with Crippen molar-refractivity contribution in [3.63, 3.8) is 0 Å². The quantitative estimate of drug-likeness (QED) is 0.175. The minimum Gasteiger partial charge on any atom is -0.399 e. The molecule has 0 saturated heterocycles. The predicted octanol–water partition coefficient (Wildman–Crippen LogP) is 5.85. The van der Waals surface area contributed by atoms with Crippen molar-refractivity contribution in [2.45, 2.75) is 6.92 Å². The van der Waals surface area contributed by atoms with Crippen LogP contribution in [0.1, 0.15) is 12.5 Å². The number of nitrogens with one attached hydrogen (secondary N) is 3. The van der Waals surface area contributed by atoms with Gasteiger partial charge in [-0.3, -0.25) is 10.1 Å². The lowest BCUT2D eigenvalue weighted by Gasteiger charge is -2.12. The van der Waals surface area contributed by atoms with E-state index < -0.39 is 11.6 Å². The first-order chi connectivity index (χ1) is 19.3. The molecule has 8 nitrogen and oxygen atoms in total. The van der Waals surface area contributed by atoms with Gasteiger partial charge < -0.3 is 20.9 Å². The molecule has 0 aliphatic rings. The van der Waals surface area contributed by atoms with Gasteiger partial charge >= 0.3 is 0 Å². The van der Waals surface area contributed by atoms with Crippen molar-refractivity contribution >= 4 is 33.2 Å². The molecule has 0 unspecified atom stereocenters. The molecule has 0 radical (unpaired) electrons. The SMILES string of the molecule is C=C/C(N)=C\C(=C/C)c1ccc2[nH]nc(-c3nc4c(-c5cc(F)cc(NCCN(C)C)c5)nccc4[nH]3)c2c1F. The summed E-state index contributed by atoms with van der Waals surface area (Å²) in [7, 11) is 3.95. The summed E-state index contributed by atoms with van der Waals surface area (Å²) < 4.78 is 30.6. The zero-order valence-electron chi connectivity index (χ0n) is 22.5. The van der Waals surface area contributed by atoms with Crippen LogP contribution in [0.3, 0.4) is 0 Å². The number of aromatic amines is 2. The van der Waals surface area contributed by atoms with Gasteiger partial charge in [0, 0.05) is 41.8 Å². The van der Waals surface area contributed by atoms with Crippen molar-refractivity contribution in [1.82, 2.24) is 30.0 Å². The lowest BCUT2D eigenvalue weighted by Crippen LogP contribution is -2.20. The molecule has 0 aliphatic carbocycles. The fourth-order valence-corrected chi connectivity index (χ4v) is 4.53. The number of pyridine rings is 1. The topological polar surface area (TPSA) is 112 Å². The molecule has 0 atom stereocenters. The fraction of sp³-hybridized carbons (Fsp3) is 0.167. The van der Waals surface area contributed by atoms with Crippen LogP contribution in [0.5, 0.6) is 0 Å². The molecule has 0 aliphatic heterocycles. The van der Waals surface area contributed by atoms with Gasteiger partial charge in [-0.05, 0) is 75.1 Å². The Morgan fingerprint density at radius 1 is 1.12 bits per heavy atom. The van der Waals surface area contributed by atoms with E-state index in [1.807, 2.05) is 32.0 Å².